The molecule has 0 N–H and O–H groups in total. The molecule has 0 heterocycles. The van der Waals surface area contributed by atoms with Crippen molar-refractivity contribution < 1.29 is 4.79 Å². The molecule has 0 bridgehead atoms. The molecular formula is C11H9Cl3O. The summed E-state index contributed by atoms with van der Waals surface area (Å²) in [5.74, 6) is -0.223. The second-order valence-electron chi connectivity index (χ2n) is 3.94. The molecular weight excluding hydrogens is 254 g/mol. The number of alkyl halides is 2. The SMILES string of the molecule is CC1(C(=O)Cl)[C@H](c2ccccc2)C1(Cl)Cl. The van der Waals surface area contributed by atoms with Gasteiger partial charge in [-0.2, -0.15) is 0 Å². The van der Waals surface area contributed by atoms with E-state index in [-0.39, 0.29) is 5.92 Å². The van der Waals surface area contributed by atoms with E-state index in [0.717, 1.165) is 5.56 Å². The zero-order valence-corrected chi connectivity index (χ0v) is 10.3. The first-order valence-electron chi connectivity index (χ1n) is 4.55. The third kappa shape index (κ3) is 1.41. The van der Waals surface area contributed by atoms with Gasteiger partial charge in [0.1, 0.15) is 4.33 Å². The molecule has 1 aromatic rings. The molecule has 4 heteroatoms. The van der Waals surface area contributed by atoms with Crippen LogP contribution in [0.2, 0.25) is 0 Å². The molecule has 80 valence electrons. The molecule has 0 saturated heterocycles. The van der Waals surface area contributed by atoms with Crippen LogP contribution in [-0.4, -0.2) is 9.58 Å². The van der Waals surface area contributed by atoms with Crippen LogP contribution in [0.3, 0.4) is 0 Å². The number of rotatable bonds is 2. The highest BCUT2D eigenvalue weighted by atomic mass is 35.5. The summed E-state index contributed by atoms with van der Waals surface area (Å²) in [5.41, 5.74) is 0.0675. The number of hydrogen-bond acceptors (Lipinski definition) is 1. The highest BCUT2D eigenvalue weighted by molar-refractivity contribution is 6.69. The molecule has 1 saturated carbocycles. The minimum Gasteiger partial charge on any atom is -0.281 e. The molecule has 0 aliphatic heterocycles. The van der Waals surface area contributed by atoms with Gasteiger partial charge in [-0.3, -0.25) is 4.79 Å². The molecule has 1 fully saturated rings. The summed E-state index contributed by atoms with van der Waals surface area (Å²) < 4.78 is -1.09. The smallest absolute Gasteiger partial charge is 0.231 e. The normalized spacial score (nSPS) is 32.4. The minimum absolute atomic E-state index is 0.223. The standard InChI is InChI=1S/C11H9Cl3O/c1-10(9(12)15)8(11(10,13)14)7-5-3-2-4-6-7/h2-6,8H,1H3/t8-,10?/m0/s1. The van der Waals surface area contributed by atoms with E-state index in [0.29, 0.717) is 0 Å². The number of carbonyl (C=O) groups excluding carboxylic acids is 1. The largest absolute Gasteiger partial charge is 0.281 e. The first kappa shape index (κ1) is 11.3. The van der Waals surface area contributed by atoms with Crippen LogP contribution in [0, 0.1) is 5.41 Å². The average molecular weight is 264 g/mol. The van der Waals surface area contributed by atoms with Crippen molar-refractivity contribution in [2.24, 2.45) is 5.41 Å². The number of carbonyl (C=O) groups is 1. The van der Waals surface area contributed by atoms with Crippen molar-refractivity contribution in [2.75, 3.05) is 0 Å². The molecule has 2 rings (SSSR count). The molecule has 15 heavy (non-hydrogen) atoms. The van der Waals surface area contributed by atoms with E-state index >= 15 is 0 Å². The van der Waals surface area contributed by atoms with E-state index in [1.165, 1.54) is 0 Å². The van der Waals surface area contributed by atoms with Crippen LogP contribution in [0.4, 0.5) is 0 Å². The third-order valence-corrected chi connectivity index (χ3v) is 4.70. The number of halogens is 3. The molecule has 0 radical (unpaired) electrons. The average Bonchev–Trinajstić information content (AvgIpc) is 2.64. The molecule has 1 aromatic carbocycles. The summed E-state index contributed by atoms with van der Waals surface area (Å²) >= 11 is 17.7. The zero-order valence-electron chi connectivity index (χ0n) is 8.01. The highest BCUT2D eigenvalue weighted by Crippen LogP contribution is 2.74. The molecule has 1 nitrogen and oxygen atoms in total. The maximum absolute atomic E-state index is 11.3. The fraction of sp³-hybridized carbons (Fsp3) is 0.364. The zero-order chi connectivity index (χ0) is 11.3. The number of benzene rings is 1. The molecule has 1 unspecified atom stereocenters. The first-order valence-corrected chi connectivity index (χ1v) is 5.68. The van der Waals surface area contributed by atoms with Crippen molar-refractivity contribution in [3.63, 3.8) is 0 Å². The summed E-state index contributed by atoms with van der Waals surface area (Å²) in [6.07, 6.45) is 0. The first-order chi connectivity index (χ1) is 6.92. The maximum atomic E-state index is 11.3. The van der Waals surface area contributed by atoms with Gasteiger partial charge in [-0.05, 0) is 24.1 Å². The van der Waals surface area contributed by atoms with Gasteiger partial charge in [0.15, 0.2) is 0 Å². The molecule has 1 aliphatic rings. The molecule has 1 aliphatic carbocycles. The van der Waals surface area contributed by atoms with Crippen molar-refractivity contribution in [2.45, 2.75) is 17.2 Å². The monoisotopic (exact) mass is 262 g/mol. The van der Waals surface area contributed by atoms with Gasteiger partial charge in [0.05, 0.1) is 5.41 Å². The summed E-state index contributed by atoms with van der Waals surface area (Å²) in [6, 6.07) is 9.47. The Morgan fingerprint density at radius 1 is 1.27 bits per heavy atom. The van der Waals surface area contributed by atoms with Crippen LogP contribution in [0.25, 0.3) is 0 Å². The van der Waals surface area contributed by atoms with Crippen LogP contribution >= 0.6 is 34.8 Å². The quantitative estimate of drug-likeness (QED) is 0.587. The predicted molar refractivity (Wildman–Crippen MR) is 62.6 cm³/mol. The van der Waals surface area contributed by atoms with Crippen LogP contribution in [0.1, 0.15) is 18.4 Å². The molecule has 0 spiro atoms. The summed E-state index contributed by atoms with van der Waals surface area (Å²) in [7, 11) is 0. The van der Waals surface area contributed by atoms with Gasteiger partial charge in [0, 0.05) is 5.92 Å². The molecule has 0 amide bonds. The maximum Gasteiger partial charge on any atom is 0.231 e. The van der Waals surface area contributed by atoms with Gasteiger partial charge in [0.2, 0.25) is 5.24 Å². The Bertz CT molecular complexity index is 402. The Kier molecular flexibility index (Phi) is 2.53. The Hall–Kier alpha value is -0.240. The topological polar surface area (TPSA) is 17.1 Å². The predicted octanol–water partition coefficient (Wildman–Crippen LogP) is 3.73. The number of hydrogen-bond donors (Lipinski definition) is 0. The molecule has 2 atom stereocenters. The van der Waals surface area contributed by atoms with Crippen molar-refractivity contribution in [1.82, 2.24) is 0 Å². The van der Waals surface area contributed by atoms with Gasteiger partial charge in [0.25, 0.3) is 0 Å². The van der Waals surface area contributed by atoms with Gasteiger partial charge in [-0.1, -0.05) is 53.5 Å². The Morgan fingerprint density at radius 2 is 1.80 bits per heavy atom. The molecule has 0 aromatic heterocycles. The van der Waals surface area contributed by atoms with Crippen LogP contribution in [0.15, 0.2) is 30.3 Å². The van der Waals surface area contributed by atoms with E-state index < -0.39 is 15.0 Å². The lowest BCUT2D eigenvalue weighted by Gasteiger charge is -2.03. The van der Waals surface area contributed by atoms with E-state index in [4.69, 9.17) is 34.8 Å². The summed E-state index contributed by atoms with van der Waals surface area (Å²) in [4.78, 5) is 11.3. The third-order valence-electron chi connectivity index (χ3n) is 3.09. The lowest BCUT2D eigenvalue weighted by atomic mass is 10.0. The van der Waals surface area contributed by atoms with Gasteiger partial charge in [-0.25, -0.2) is 0 Å². The second kappa shape index (κ2) is 3.38. The van der Waals surface area contributed by atoms with Gasteiger partial charge < -0.3 is 0 Å². The van der Waals surface area contributed by atoms with E-state index in [1.807, 2.05) is 30.3 Å². The van der Waals surface area contributed by atoms with Crippen molar-refractivity contribution in [1.29, 1.82) is 0 Å². The van der Waals surface area contributed by atoms with Crippen LogP contribution < -0.4 is 0 Å². The second-order valence-corrected chi connectivity index (χ2v) is 5.67. The summed E-state index contributed by atoms with van der Waals surface area (Å²) in [5, 5.41) is -0.485. The lowest BCUT2D eigenvalue weighted by molar-refractivity contribution is -0.115. The fourth-order valence-corrected chi connectivity index (χ4v) is 3.29. The Labute approximate surface area is 103 Å². The van der Waals surface area contributed by atoms with Gasteiger partial charge in [-0.15, -0.1) is 0 Å². The highest BCUT2D eigenvalue weighted by Gasteiger charge is 2.77. The van der Waals surface area contributed by atoms with Crippen LogP contribution in [-0.2, 0) is 4.79 Å². The van der Waals surface area contributed by atoms with E-state index in [1.54, 1.807) is 6.92 Å². The van der Waals surface area contributed by atoms with E-state index in [9.17, 15) is 4.79 Å². The lowest BCUT2D eigenvalue weighted by Crippen LogP contribution is -2.12. The van der Waals surface area contributed by atoms with Crippen molar-refractivity contribution in [3.8, 4) is 0 Å². The fourth-order valence-electron chi connectivity index (χ4n) is 1.96. The Morgan fingerprint density at radius 3 is 2.20 bits per heavy atom. The van der Waals surface area contributed by atoms with E-state index in [2.05, 4.69) is 0 Å². The van der Waals surface area contributed by atoms with Crippen LogP contribution in [0.5, 0.6) is 0 Å². The van der Waals surface area contributed by atoms with Crippen molar-refractivity contribution in [3.05, 3.63) is 35.9 Å². The minimum atomic E-state index is -1.09. The van der Waals surface area contributed by atoms with Crippen molar-refractivity contribution >= 4 is 40.0 Å². The Balaban J connectivity index is 2.39. The summed E-state index contributed by atoms with van der Waals surface area (Å²) in [6.45, 7) is 1.69. The van der Waals surface area contributed by atoms with Gasteiger partial charge >= 0.3 is 0 Å².